The number of carbonyl (C=O) groups is 1. The van der Waals surface area contributed by atoms with Gasteiger partial charge in [0.25, 0.3) is 6.47 Å². The molecule has 0 aromatic heterocycles. The molecule has 1 N–H and O–H groups in total. The Balaban J connectivity index is 0.000000315. The number of hydrogen-bond donors (Lipinski definition) is 1. The zero-order chi connectivity index (χ0) is 13.1. The van der Waals surface area contributed by atoms with Gasteiger partial charge in [0, 0.05) is 0 Å². The van der Waals surface area contributed by atoms with Crippen LogP contribution in [0, 0.1) is 0 Å². The molecule has 1 aromatic rings. The van der Waals surface area contributed by atoms with Crippen molar-refractivity contribution in [3.63, 3.8) is 0 Å². The van der Waals surface area contributed by atoms with Crippen LogP contribution >= 0.6 is 0 Å². The molecule has 17 heavy (non-hydrogen) atoms. The van der Waals surface area contributed by atoms with Gasteiger partial charge in [-0.1, -0.05) is 26.0 Å². The Bertz CT molecular complexity index is 289. The lowest BCUT2D eigenvalue weighted by molar-refractivity contribution is -0.128. The Labute approximate surface area is 103 Å². The van der Waals surface area contributed by atoms with E-state index in [9.17, 15) is 4.79 Å². The fraction of sp³-hybridized carbons (Fsp3) is 0.500. The van der Waals surface area contributed by atoms with Crippen molar-refractivity contribution < 1.29 is 14.6 Å². The van der Waals surface area contributed by atoms with Gasteiger partial charge >= 0.3 is 0 Å². The van der Waals surface area contributed by atoms with Gasteiger partial charge in [-0.05, 0) is 43.4 Å². The van der Waals surface area contributed by atoms with E-state index in [0.717, 1.165) is 5.92 Å². The van der Waals surface area contributed by atoms with E-state index in [2.05, 4.69) is 4.74 Å². The molecular weight excluding hydrogens is 216 g/mol. The van der Waals surface area contributed by atoms with Gasteiger partial charge in [-0.3, -0.25) is 4.79 Å². The average Bonchev–Trinajstić information content (AvgIpc) is 3.19. The third kappa shape index (κ3) is 7.39. The van der Waals surface area contributed by atoms with Crippen LogP contribution in [0.15, 0.2) is 24.3 Å². The average molecular weight is 238 g/mol. The zero-order valence-corrected chi connectivity index (χ0v) is 10.8. The first-order valence-electron chi connectivity index (χ1n) is 6.12. The molecule has 3 nitrogen and oxygen atoms in total. The van der Waals surface area contributed by atoms with Crippen LogP contribution in [0.5, 0.6) is 5.75 Å². The number of phenolic OH excluding ortho intramolecular Hbond substituents is 1. The van der Waals surface area contributed by atoms with Crippen molar-refractivity contribution in [3.05, 3.63) is 29.8 Å². The lowest BCUT2D eigenvalue weighted by atomic mass is 10.1. The predicted octanol–water partition coefficient (Wildman–Crippen LogP) is 3.48. The maximum Gasteiger partial charge on any atom is 0.293 e. The molecule has 2 rings (SSSR count). The normalized spacial score (nSPS) is 12.4. The van der Waals surface area contributed by atoms with Crippen LogP contribution in [0.3, 0.4) is 0 Å². The monoisotopic (exact) mass is 238 g/mol. The molecule has 0 aliphatic heterocycles. The van der Waals surface area contributed by atoms with Crippen molar-refractivity contribution >= 4 is 6.47 Å². The summed E-state index contributed by atoms with van der Waals surface area (Å²) >= 11 is 0. The third-order valence-corrected chi connectivity index (χ3v) is 2.18. The van der Waals surface area contributed by atoms with E-state index in [-0.39, 0.29) is 0 Å². The first kappa shape index (κ1) is 15.5. The lowest BCUT2D eigenvalue weighted by Gasteiger charge is -1.95. The molecule has 1 aromatic carbocycles. The minimum Gasteiger partial charge on any atom is -0.508 e. The third-order valence-electron chi connectivity index (χ3n) is 2.18. The summed E-state index contributed by atoms with van der Waals surface area (Å²) in [5.74, 6) is 1.16. The van der Waals surface area contributed by atoms with Crippen LogP contribution in [0.2, 0.25) is 0 Å². The largest absolute Gasteiger partial charge is 0.508 e. The SMILES string of the molecule is CC.CCOC=O.Oc1ccc(C2CC2)cc1. The summed E-state index contributed by atoms with van der Waals surface area (Å²) in [5.41, 5.74) is 1.37. The molecule has 0 amide bonds. The Morgan fingerprint density at radius 3 is 2.12 bits per heavy atom. The van der Waals surface area contributed by atoms with E-state index in [1.54, 1.807) is 19.1 Å². The van der Waals surface area contributed by atoms with E-state index in [1.165, 1.54) is 18.4 Å². The molecule has 0 heterocycles. The summed E-state index contributed by atoms with van der Waals surface area (Å²) < 4.78 is 4.15. The van der Waals surface area contributed by atoms with Crippen molar-refractivity contribution in [3.8, 4) is 5.75 Å². The molecule has 0 bridgehead atoms. The van der Waals surface area contributed by atoms with Gasteiger partial charge in [-0.25, -0.2) is 0 Å². The van der Waals surface area contributed by atoms with E-state index >= 15 is 0 Å². The molecule has 1 aliphatic rings. The fourth-order valence-electron chi connectivity index (χ4n) is 1.23. The highest BCUT2D eigenvalue weighted by atomic mass is 16.5. The molecule has 96 valence electrons. The Morgan fingerprint density at radius 1 is 1.29 bits per heavy atom. The molecule has 1 saturated carbocycles. The van der Waals surface area contributed by atoms with Crippen LogP contribution in [-0.4, -0.2) is 18.2 Å². The molecule has 1 fully saturated rings. The molecule has 0 radical (unpaired) electrons. The van der Waals surface area contributed by atoms with E-state index < -0.39 is 0 Å². The second-order valence-corrected chi connectivity index (χ2v) is 3.42. The van der Waals surface area contributed by atoms with Gasteiger partial charge in [0.1, 0.15) is 5.75 Å². The highest BCUT2D eigenvalue weighted by Crippen LogP contribution is 2.40. The summed E-state index contributed by atoms with van der Waals surface area (Å²) in [6, 6.07) is 7.53. The summed E-state index contributed by atoms with van der Waals surface area (Å²) in [7, 11) is 0. The molecule has 3 heteroatoms. The highest BCUT2D eigenvalue weighted by Gasteiger charge is 2.22. The maximum absolute atomic E-state index is 9.18. The van der Waals surface area contributed by atoms with Gasteiger partial charge in [0.15, 0.2) is 0 Å². The second-order valence-electron chi connectivity index (χ2n) is 3.42. The number of aromatic hydroxyl groups is 1. The number of phenols is 1. The van der Waals surface area contributed by atoms with Gasteiger partial charge in [0.2, 0.25) is 0 Å². The molecule has 0 unspecified atom stereocenters. The number of carbonyl (C=O) groups excluding carboxylic acids is 1. The van der Waals surface area contributed by atoms with Crippen LogP contribution in [0.25, 0.3) is 0 Å². The predicted molar refractivity (Wildman–Crippen MR) is 69.1 cm³/mol. The van der Waals surface area contributed by atoms with Crippen LogP contribution < -0.4 is 0 Å². The van der Waals surface area contributed by atoms with Gasteiger partial charge in [0.05, 0.1) is 6.61 Å². The maximum atomic E-state index is 9.18. The van der Waals surface area contributed by atoms with Crippen molar-refractivity contribution in [2.75, 3.05) is 6.61 Å². The van der Waals surface area contributed by atoms with Crippen molar-refractivity contribution in [1.82, 2.24) is 0 Å². The standard InChI is InChI=1S/C9H10O.C3H6O2.C2H6/c10-9-5-3-8(4-6-9)7-1-2-7;1-2-5-3-4;1-2/h3-7,10H,1-2H2;3H,2H2,1H3;1-2H3. The van der Waals surface area contributed by atoms with Crippen molar-refractivity contribution in [2.24, 2.45) is 0 Å². The summed E-state index contributed by atoms with van der Waals surface area (Å²) in [6.07, 6.45) is 2.65. The van der Waals surface area contributed by atoms with Gasteiger partial charge in [-0.2, -0.15) is 0 Å². The summed E-state index contributed by atoms with van der Waals surface area (Å²) in [5, 5.41) is 8.96. The number of benzene rings is 1. The van der Waals surface area contributed by atoms with Crippen LogP contribution in [-0.2, 0) is 9.53 Å². The Kier molecular flexibility index (Phi) is 8.84. The Hall–Kier alpha value is -1.51. The van der Waals surface area contributed by atoms with Crippen LogP contribution in [0.4, 0.5) is 0 Å². The van der Waals surface area contributed by atoms with Gasteiger partial charge in [-0.15, -0.1) is 0 Å². The number of rotatable bonds is 3. The smallest absolute Gasteiger partial charge is 0.293 e. The minimum atomic E-state index is 0.365. The number of hydrogen-bond acceptors (Lipinski definition) is 3. The van der Waals surface area contributed by atoms with Crippen molar-refractivity contribution in [1.29, 1.82) is 0 Å². The fourth-order valence-corrected chi connectivity index (χ4v) is 1.23. The summed E-state index contributed by atoms with van der Waals surface area (Å²) in [4.78, 5) is 9.18. The van der Waals surface area contributed by atoms with Crippen molar-refractivity contribution in [2.45, 2.75) is 39.5 Å². The molecule has 0 spiro atoms. The van der Waals surface area contributed by atoms with E-state index in [1.807, 2.05) is 26.0 Å². The highest BCUT2D eigenvalue weighted by molar-refractivity contribution is 5.36. The molecule has 0 saturated heterocycles. The van der Waals surface area contributed by atoms with Crippen LogP contribution in [0.1, 0.15) is 45.1 Å². The lowest BCUT2D eigenvalue weighted by Crippen LogP contribution is -1.80. The first-order chi connectivity index (χ1) is 8.27. The molecule has 0 atom stereocenters. The van der Waals surface area contributed by atoms with E-state index in [0.29, 0.717) is 18.8 Å². The molecule has 1 aliphatic carbocycles. The van der Waals surface area contributed by atoms with Gasteiger partial charge < -0.3 is 9.84 Å². The minimum absolute atomic E-state index is 0.365. The Morgan fingerprint density at radius 2 is 1.82 bits per heavy atom. The second kappa shape index (κ2) is 9.70. The topological polar surface area (TPSA) is 46.5 Å². The zero-order valence-electron chi connectivity index (χ0n) is 10.8. The first-order valence-corrected chi connectivity index (χ1v) is 6.12. The number of ether oxygens (including phenoxy) is 1. The summed E-state index contributed by atoms with van der Waals surface area (Å²) in [6.45, 7) is 6.66. The molecular formula is C14H22O3. The quantitative estimate of drug-likeness (QED) is 0.820. The van der Waals surface area contributed by atoms with E-state index in [4.69, 9.17) is 5.11 Å².